The second-order valence-electron chi connectivity index (χ2n) is 4.24. The Bertz CT molecular complexity index is 528. The number of hydrogen-bond acceptors (Lipinski definition) is 3. The fourth-order valence-electron chi connectivity index (χ4n) is 1.58. The maximum Gasteiger partial charge on any atom is 0.328 e. The van der Waals surface area contributed by atoms with Crippen molar-refractivity contribution < 1.29 is 23.8 Å². The Morgan fingerprint density at radius 1 is 1.50 bits per heavy atom. The summed E-state index contributed by atoms with van der Waals surface area (Å²) in [5.41, 5.74) is 0.291. The first-order valence-corrected chi connectivity index (χ1v) is 5.94. The van der Waals surface area contributed by atoms with E-state index in [1.165, 1.54) is 25.3 Å². The maximum absolute atomic E-state index is 13.6. The fraction of sp³-hybridized carbons (Fsp3) is 0.286. The molecule has 0 spiro atoms. The monoisotopic (exact) mass is 281 g/mol. The quantitative estimate of drug-likeness (QED) is 0.778. The summed E-state index contributed by atoms with van der Waals surface area (Å²) < 4.78 is 18.5. The highest BCUT2D eigenvalue weighted by molar-refractivity contribution is 5.95. The number of halogens is 1. The minimum Gasteiger partial charge on any atom is -0.478 e. The second-order valence-corrected chi connectivity index (χ2v) is 4.24. The molecule has 0 bridgehead atoms. The van der Waals surface area contributed by atoms with Crippen LogP contribution in [-0.4, -0.2) is 36.7 Å². The molecule has 1 aromatic carbocycles. The molecule has 0 saturated heterocycles. The zero-order valence-corrected chi connectivity index (χ0v) is 11.2. The molecule has 0 saturated carbocycles. The van der Waals surface area contributed by atoms with Crippen molar-refractivity contribution >= 4 is 18.0 Å². The van der Waals surface area contributed by atoms with Gasteiger partial charge in [0.1, 0.15) is 5.82 Å². The van der Waals surface area contributed by atoms with Crippen molar-refractivity contribution in [3.05, 3.63) is 41.2 Å². The number of carboxylic acid groups (broad SMARTS) is 1. The zero-order chi connectivity index (χ0) is 15.1. The third-order valence-electron chi connectivity index (χ3n) is 2.45. The summed E-state index contributed by atoms with van der Waals surface area (Å²) in [5.74, 6) is -2.36. The lowest BCUT2D eigenvalue weighted by Gasteiger charge is -2.13. The standard InChI is InChI=1S/C14H16FNO4/c1-9(8-20-2)16-14(19)11-7-10(3-5-12(11)15)4-6-13(17)18/h3-7,9H,8H2,1-2H3,(H,16,19)(H,17,18). The van der Waals surface area contributed by atoms with E-state index in [1.54, 1.807) is 6.92 Å². The summed E-state index contributed by atoms with van der Waals surface area (Å²) in [6.07, 6.45) is 2.21. The van der Waals surface area contributed by atoms with Gasteiger partial charge < -0.3 is 15.2 Å². The Morgan fingerprint density at radius 2 is 2.20 bits per heavy atom. The predicted molar refractivity (Wildman–Crippen MR) is 71.9 cm³/mol. The Kier molecular flexibility index (Phi) is 5.86. The van der Waals surface area contributed by atoms with Crippen molar-refractivity contribution in [1.29, 1.82) is 0 Å². The molecule has 0 fully saturated rings. The summed E-state index contributed by atoms with van der Waals surface area (Å²) in [4.78, 5) is 22.3. The molecule has 0 aliphatic heterocycles. The Balaban J connectivity index is 2.90. The van der Waals surface area contributed by atoms with E-state index in [9.17, 15) is 14.0 Å². The van der Waals surface area contributed by atoms with Crippen LogP contribution in [0.25, 0.3) is 6.08 Å². The number of carbonyl (C=O) groups excluding carboxylic acids is 1. The van der Waals surface area contributed by atoms with Crippen LogP contribution in [0.4, 0.5) is 4.39 Å². The van der Waals surface area contributed by atoms with Crippen molar-refractivity contribution in [3.8, 4) is 0 Å². The van der Waals surface area contributed by atoms with Crippen LogP contribution < -0.4 is 5.32 Å². The van der Waals surface area contributed by atoms with Gasteiger partial charge in [0.25, 0.3) is 5.91 Å². The molecule has 1 aromatic rings. The van der Waals surface area contributed by atoms with E-state index in [2.05, 4.69) is 5.32 Å². The summed E-state index contributed by atoms with van der Waals surface area (Å²) in [6.45, 7) is 2.04. The molecule has 1 amide bonds. The van der Waals surface area contributed by atoms with Crippen molar-refractivity contribution in [2.45, 2.75) is 13.0 Å². The first kappa shape index (κ1) is 15.8. The van der Waals surface area contributed by atoms with Gasteiger partial charge in [-0.3, -0.25) is 4.79 Å². The number of benzene rings is 1. The number of nitrogens with one attached hydrogen (secondary N) is 1. The third-order valence-corrected chi connectivity index (χ3v) is 2.45. The van der Waals surface area contributed by atoms with Crippen LogP contribution in [0, 0.1) is 5.82 Å². The number of ether oxygens (including phenoxy) is 1. The van der Waals surface area contributed by atoms with Crippen molar-refractivity contribution in [2.75, 3.05) is 13.7 Å². The molecule has 20 heavy (non-hydrogen) atoms. The summed E-state index contributed by atoms with van der Waals surface area (Å²) >= 11 is 0. The highest BCUT2D eigenvalue weighted by atomic mass is 19.1. The molecule has 1 atom stereocenters. The molecule has 0 aliphatic rings. The van der Waals surface area contributed by atoms with Crippen molar-refractivity contribution in [3.63, 3.8) is 0 Å². The van der Waals surface area contributed by atoms with E-state index in [0.29, 0.717) is 12.2 Å². The summed E-state index contributed by atoms with van der Waals surface area (Å²) in [5, 5.41) is 11.1. The van der Waals surface area contributed by atoms with Crippen LogP contribution in [0.3, 0.4) is 0 Å². The van der Waals surface area contributed by atoms with Crippen LogP contribution >= 0.6 is 0 Å². The maximum atomic E-state index is 13.6. The third kappa shape index (κ3) is 4.81. The van der Waals surface area contributed by atoms with Crippen LogP contribution in [0.1, 0.15) is 22.8 Å². The number of carbonyl (C=O) groups is 2. The zero-order valence-electron chi connectivity index (χ0n) is 11.2. The van der Waals surface area contributed by atoms with E-state index in [4.69, 9.17) is 9.84 Å². The number of methoxy groups -OCH3 is 1. The molecule has 1 unspecified atom stereocenters. The fourth-order valence-corrected chi connectivity index (χ4v) is 1.58. The van der Waals surface area contributed by atoms with E-state index in [1.807, 2.05) is 0 Å². The van der Waals surface area contributed by atoms with Gasteiger partial charge in [-0.25, -0.2) is 9.18 Å². The van der Waals surface area contributed by atoms with Crippen LogP contribution in [0.2, 0.25) is 0 Å². The van der Waals surface area contributed by atoms with Gasteiger partial charge in [0.05, 0.1) is 12.2 Å². The van der Waals surface area contributed by atoms with Gasteiger partial charge >= 0.3 is 5.97 Å². The molecule has 5 nitrogen and oxygen atoms in total. The van der Waals surface area contributed by atoms with Gasteiger partial charge in [-0.15, -0.1) is 0 Å². The molecule has 0 heterocycles. The van der Waals surface area contributed by atoms with E-state index >= 15 is 0 Å². The number of hydrogen-bond donors (Lipinski definition) is 2. The smallest absolute Gasteiger partial charge is 0.328 e. The number of carboxylic acids is 1. The largest absolute Gasteiger partial charge is 0.478 e. The molecule has 1 rings (SSSR count). The Hall–Kier alpha value is -2.21. The Morgan fingerprint density at radius 3 is 2.80 bits per heavy atom. The summed E-state index contributed by atoms with van der Waals surface area (Å²) in [6, 6.07) is 3.55. The van der Waals surface area contributed by atoms with E-state index < -0.39 is 17.7 Å². The molecular weight excluding hydrogens is 265 g/mol. The topological polar surface area (TPSA) is 75.6 Å². The lowest BCUT2D eigenvalue weighted by molar-refractivity contribution is -0.131. The number of aliphatic carboxylic acids is 1. The number of rotatable bonds is 6. The average molecular weight is 281 g/mol. The molecule has 0 radical (unpaired) electrons. The molecule has 2 N–H and O–H groups in total. The first-order chi connectivity index (χ1) is 9.43. The lowest BCUT2D eigenvalue weighted by atomic mass is 10.1. The molecule has 108 valence electrons. The highest BCUT2D eigenvalue weighted by Gasteiger charge is 2.14. The van der Waals surface area contributed by atoms with Gasteiger partial charge in [0.15, 0.2) is 0 Å². The van der Waals surface area contributed by atoms with Gasteiger partial charge in [-0.1, -0.05) is 6.07 Å². The minimum atomic E-state index is -1.12. The normalized spacial score (nSPS) is 12.3. The highest BCUT2D eigenvalue weighted by Crippen LogP contribution is 2.12. The average Bonchev–Trinajstić information content (AvgIpc) is 2.37. The van der Waals surface area contributed by atoms with E-state index in [0.717, 1.165) is 12.1 Å². The lowest BCUT2D eigenvalue weighted by Crippen LogP contribution is -2.36. The van der Waals surface area contributed by atoms with Crippen molar-refractivity contribution in [1.82, 2.24) is 5.32 Å². The van der Waals surface area contributed by atoms with Crippen molar-refractivity contribution in [2.24, 2.45) is 0 Å². The van der Waals surface area contributed by atoms with E-state index in [-0.39, 0.29) is 11.6 Å². The number of amides is 1. The van der Waals surface area contributed by atoms with Gasteiger partial charge in [-0.05, 0) is 30.7 Å². The molecule has 6 heteroatoms. The molecule has 0 aliphatic carbocycles. The molecule has 0 aromatic heterocycles. The first-order valence-electron chi connectivity index (χ1n) is 5.94. The second kappa shape index (κ2) is 7.40. The van der Waals surface area contributed by atoms with Gasteiger partial charge in [0, 0.05) is 19.2 Å². The summed E-state index contributed by atoms with van der Waals surface area (Å²) in [7, 11) is 1.50. The predicted octanol–water partition coefficient (Wildman–Crippen LogP) is 1.69. The molecular formula is C14H16FNO4. The van der Waals surface area contributed by atoms with Crippen LogP contribution in [0.5, 0.6) is 0 Å². The Labute approximate surface area is 116 Å². The van der Waals surface area contributed by atoms with Gasteiger partial charge in [0.2, 0.25) is 0 Å². The van der Waals surface area contributed by atoms with Crippen LogP contribution in [-0.2, 0) is 9.53 Å². The van der Waals surface area contributed by atoms with Crippen LogP contribution in [0.15, 0.2) is 24.3 Å². The van der Waals surface area contributed by atoms with Gasteiger partial charge in [-0.2, -0.15) is 0 Å². The SMILES string of the molecule is COCC(C)NC(=O)c1cc(C=CC(=O)O)ccc1F. The minimum absolute atomic E-state index is 0.138.